The lowest BCUT2D eigenvalue weighted by atomic mass is 10.2. The van der Waals surface area contributed by atoms with E-state index in [0.717, 1.165) is 30.4 Å². The molecule has 1 aliphatic heterocycles. The molecule has 2 unspecified atom stereocenters. The van der Waals surface area contributed by atoms with Crippen molar-refractivity contribution in [1.82, 2.24) is 9.97 Å². The van der Waals surface area contributed by atoms with Gasteiger partial charge in [-0.2, -0.15) is 0 Å². The van der Waals surface area contributed by atoms with Gasteiger partial charge in [0, 0.05) is 31.6 Å². The molecule has 0 amide bonds. The molecule has 1 fully saturated rings. The molecule has 1 saturated heterocycles. The molecular weight excluding hydrogens is 230 g/mol. The van der Waals surface area contributed by atoms with Crippen molar-refractivity contribution >= 4 is 5.95 Å². The molecule has 100 valence electrons. The van der Waals surface area contributed by atoms with Gasteiger partial charge in [0.1, 0.15) is 0 Å². The minimum Gasteiger partial charge on any atom is -0.382 e. The summed E-state index contributed by atoms with van der Waals surface area (Å²) in [6.45, 7) is 8.26. The Morgan fingerprint density at radius 2 is 2.00 bits per heavy atom. The fourth-order valence-corrected chi connectivity index (χ4v) is 2.34. The number of hydrogen-bond donors (Lipinski definition) is 0. The third-order valence-electron chi connectivity index (χ3n) is 2.93. The van der Waals surface area contributed by atoms with E-state index in [2.05, 4.69) is 21.8 Å². The van der Waals surface area contributed by atoms with Gasteiger partial charge in [0.2, 0.25) is 5.95 Å². The Hall–Kier alpha value is -1.20. The van der Waals surface area contributed by atoms with E-state index in [4.69, 9.17) is 9.47 Å². The van der Waals surface area contributed by atoms with Gasteiger partial charge in [0.25, 0.3) is 0 Å². The van der Waals surface area contributed by atoms with Crippen LogP contribution in [0.4, 0.5) is 5.95 Å². The summed E-state index contributed by atoms with van der Waals surface area (Å²) in [6.07, 6.45) is 0.256. The summed E-state index contributed by atoms with van der Waals surface area (Å²) >= 11 is 0. The third kappa shape index (κ3) is 3.17. The number of ether oxygens (including phenoxy) is 2. The first kappa shape index (κ1) is 13.2. The highest BCUT2D eigenvalue weighted by Gasteiger charge is 2.26. The molecule has 0 bridgehead atoms. The van der Waals surface area contributed by atoms with Gasteiger partial charge in [-0.1, -0.05) is 0 Å². The van der Waals surface area contributed by atoms with E-state index in [1.807, 2.05) is 19.9 Å². The number of methoxy groups -OCH3 is 1. The molecule has 5 heteroatoms. The molecule has 5 nitrogen and oxygen atoms in total. The number of rotatable bonds is 3. The van der Waals surface area contributed by atoms with Crippen molar-refractivity contribution in [2.75, 3.05) is 31.7 Å². The summed E-state index contributed by atoms with van der Waals surface area (Å²) in [6, 6.07) is 1.99. The van der Waals surface area contributed by atoms with Crippen LogP contribution >= 0.6 is 0 Å². The largest absolute Gasteiger partial charge is 0.382 e. The maximum Gasteiger partial charge on any atom is 0.225 e. The first-order valence-corrected chi connectivity index (χ1v) is 6.30. The van der Waals surface area contributed by atoms with Crippen molar-refractivity contribution in [3.63, 3.8) is 0 Å². The zero-order valence-electron chi connectivity index (χ0n) is 11.5. The number of nitrogens with zero attached hydrogens (tertiary/aromatic N) is 3. The van der Waals surface area contributed by atoms with E-state index in [0.29, 0.717) is 6.61 Å². The number of hydrogen-bond acceptors (Lipinski definition) is 5. The van der Waals surface area contributed by atoms with E-state index in [1.165, 1.54) is 0 Å². The second kappa shape index (κ2) is 5.63. The predicted octanol–water partition coefficient (Wildman–Crippen LogP) is 1.33. The molecule has 1 aromatic rings. The summed E-state index contributed by atoms with van der Waals surface area (Å²) < 4.78 is 11.0. The molecule has 2 rings (SSSR count). The summed E-state index contributed by atoms with van der Waals surface area (Å²) in [7, 11) is 1.69. The standard InChI is InChI=1S/C13H21N3O2/c1-9-5-10(2)15-13(14-9)16-6-11(3)18-12(7-16)8-17-4/h5,11-12H,6-8H2,1-4H3. The van der Waals surface area contributed by atoms with Crippen LogP contribution in [0.5, 0.6) is 0 Å². The van der Waals surface area contributed by atoms with Crippen molar-refractivity contribution in [2.45, 2.75) is 33.0 Å². The van der Waals surface area contributed by atoms with Crippen molar-refractivity contribution in [3.05, 3.63) is 17.5 Å². The van der Waals surface area contributed by atoms with Crippen LogP contribution in [0.15, 0.2) is 6.07 Å². The maximum atomic E-state index is 5.82. The van der Waals surface area contributed by atoms with Crippen molar-refractivity contribution < 1.29 is 9.47 Å². The van der Waals surface area contributed by atoms with Crippen molar-refractivity contribution in [1.29, 1.82) is 0 Å². The van der Waals surface area contributed by atoms with Gasteiger partial charge in [0.15, 0.2) is 0 Å². The molecule has 0 N–H and O–H groups in total. The smallest absolute Gasteiger partial charge is 0.225 e. The van der Waals surface area contributed by atoms with Gasteiger partial charge in [-0.25, -0.2) is 9.97 Å². The average Bonchev–Trinajstić information content (AvgIpc) is 2.27. The lowest BCUT2D eigenvalue weighted by Gasteiger charge is -2.36. The van der Waals surface area contributed by atoms with Crippen LogP contribution in [-0.2, 0) is 9.47 Å². The van der Waals surface area contributed by atoms with Gasteiger partial charge < -0.3 is 14.4 Å². The lowest BCUT2D eigenvalue weighted by molar-refractivity contribution is -0.0514. The minimum atomic E-state index is 0.0863. The number of aryl methyl sites for hydroxylation is 2. The zero-order valence-corrected chi connectivity index (χ0v) is 11.5. The van der Waals surface area contributed by atoms with Gasteiger partial charge in [-0.15, -0.1) is 0 Å². The van der Waals surface area contributed by atoms with Crippen LogP contribution < -0.4 is 4.90 Å². The van der Waals surface area contributed by atoms with Gasteiger partial charge >= 0.3 is 0 Å². The Morgan fingerprint density at radius 3 is 2.61 bits per heavy atom. The molecular formula is C13H21N3O2. The summed E-state index contributed by atoms with van der Waals surface area (Å²) in [5, 5.41) is 0. The molecule has 18 heavy (non-hydrogen) atoms. The highest BCUT2D eigenvalue weighted by Crippen LogP contribution is 2.17. The monoisotopic (exact) mass is 251 g/mol. The van der Waals surface area contributed by atoms with Gasteiger partial charge in [-0.3, -0.25) is 0 Å². The molecule has 2 atom stereocenters. The second-order valence-electron chi connectivity index (χ2n) is 4.88. The highest BCUT2D eigenvalue weighted by atomic mass is 16.5. The average molecular weight is 251 g/mol. The summed E-state index contributed by atoms with van der Waals surface area (Å²) in [5.74, 6) is 0.795. The first-order valence-electron chi connectivity index (χ1n) is 6.30. The van der Waals surface area contributed by atoms with E-state index in [9.17, 15) is 0 Å². The number of aromatic nitrogens is 2. The van der Waals surface area contributed by atoms with E-state index in [-0.39, 0.29) is 12.2 Å². The van der Waals surface area contributed by atoms with Crippen LogP contribution in [0.25, 0.3) is 0 Å². The molecule has 2 heterocycles. The summed E-state index contributed by atoms with van der Waals surface area (Å²) in [5.41, 5.74) is 2.00. The number of morpholine rings is 1. The van der Waals surface area contributed by atoms with Crippen LogP contribution in [0, 0.1) is 13.8 Å². The SMILES string of the molecule is COCC1CN(c2nc(C)cc(C)n2)CC(C)O1. The molecule has 0 spiro atoms. The zero-order chi connectivity index (χ0) is 13.1. The van der Waals surface area contributed by atoms with E-state index >= 15 is 0 Å². The normalized spacial score (nSPS) is 24.3. The van der Waals surface area contributed by atoms with Crippen LogP contribution in [-0.4, -0.2) is 49.0 Å². The quantitative estimate of drug-likeness (QED) is 0.811. The lowest BCUT2D eigenvalue weighted by Crippen LogP contribution is -2.49. The molecule has 0 radical (unpaired) electrons. The van der Waals surface area contributed by atoms with Crippen LogP contribution in [0.1, 0.15) is 18.3 Å². The molecule has 0 aromatic carbocycles. The fourth-order valence-electron chi connectivity index (χ4n) is 2.34. The van der Waals surface area contributed by atoms with E-state index in [1.54, 1.807) is 7.11 Å². The molecule has 0 saturated carbocycles. The van der Waals surface area contributed by atoms with E-state index < -0.39 is 0 Å². The van der Waals surface area contributed by atoms with Gasteiger partial charge in [0.05, 0.1) is 18.8 Å². The highest BCUT2D eigenvalue weighted by molar-refractivity contribution is 5.33. The third-order valence-corrected chi connectivity index (χ3v) is 2.93. The van der Waals surface area contributed by atoms with Crippen LogP contribution in [0.2, 0.25) is 0 Å². The predicted molar refractivity (Wildman–Crippen MR) is 69.9 cm³/mol. The molecule has 1 aliphatic rings. The van der Waals surface area contributed by atoms with Crippen molar-refractivity contribution in [3.8, 4) is 0 Å². The Bertz CT molecular complexity index is 391. The fraction of sp³-hybridized carbons (Fsp3) is 0.692. The Kier molecular flexibility index (Phi) is 4.14. The number of anilines is 1. The molecule has 1 aromatic heterocycles. The minimum absolute atomic E-state index is 0.0863. The van der Waals surface area contributed by atoms with Crippen LogP contribution in [0.3, 0.4) is 0 Å². The first-order chi connectivity index (χ1) is 8.58. The van der Waals surface area contributed by atoms with Gasteiger partial charge in [-0.05, 0) is 26.8 Å². The molecule has 0 aliphatic carbocycles. The Balaban J connectivity index is 2.15. The maximum absolute atomic E-state index is 5.82. The summed E-state index contributed by atoms with van der Waals surface area (Å²) in [4.78, 5) is 11.2. The Labute approximate surface area is 108 Å². The topological polar surface area (TPSA) is 47.5 Å². The second-order valence-corrected chi connectivity index (χ2v) is 4.88. The Morgan fingerprint density at radius 1 is 1.33 bits per heavy atom. The van der Waals surface area contributed by atoms with Crippen molar-refractivity contribution in [2.24, 2.45) is 0 Å².